The molecule has 2 bridgehead atoms. The van der Waals surface area contributed by atoms with Gasteiger partial charge in [-0.1, -0.05) is 43.5 Å². The van der Waals surface area contributed by atoms with Crippen molar-refractivity contribution in [3.8, 4) is 16.8 Å². The molecule has 4 aromatic rings. The molecule has 5 rings (SSSR count). The first-order valence-corrected chi connectivity index (χ1v) is 13.6. The van der Waals surface area contributed by atoms with Crippen molar-refractivity contribution in [3.05, 3.63) is 88.7 Å². The van der Waals surface area contributed by atoms with Crippen LogP contribution in [0, 0.1) is 18.7 Å². The Hall–Kier alpha value is -4.24. The smallest absolute Gasteiger partial charge is 0.255 e. The van der Waals surface area contributed by atoms with E-state index in [1.54, 1.807) is 37.4 Å². The molecule has 0 radical (unpaired) electrons. The van der Waals surface area contributed by atoms with Crippen LogP contribution in [0.4, 0.5) is 15.8 Å². The number of benzene rings is 2. The average molecular weight is 561 g/mol. The Kier molecular flexibility index (Phi) is 7.84. The number of nitrogen functional groups attached to an aromatic ring is 1. The number of fused-ring (bicyclic) bond motifs is 4. The summed E-state index contributed by atoms with van der Waals surface area (Å²) in [7, 11) is 0. The molecule has 0 unspecified atom stereocenters. The molecule has 2 atom stereocenters. The van der Waals surface area contributed by atoms with Crippen molar-refractivity contribution in [2.45, 2.75) is 45.6 Å². The minimum absolute atomic E-state index is 0.0242. The number of halogens is 2. The number of carbonyl (C=O) groups excluding carboxylic acids is 2. The summed E-state index contributed by atoms with van der Waals surface area (Å²) in [6.07, 6.45) is 6.02. The molecular weight excluding hydrogens is 531 g/mol. The van der Waals surface area contributed by atoms with Gasteiger partial charge in [0.05, 0.1) is 39.9 Å². The molecular formula is C30H30ClFN6O2. The van der Waals surface area contributed by atoms with Crippen LogP contribution in [-0.4, -0.2) is 26.6 Å². The summed E-state index contributed by atoms with van der Waals surface area (Å²) in [6, 6.07) is 13.4. The van der Waals surface area contributed by atoms with Gasteiger partial charge >= 0.3 is 0 Å². The van der Waals surface area contributed by atoms with Gasteiger partial charge in [0.25, 0.3) is 5.91 Å². The molecule has 0 aliphatic carbocycles. The minimum Gasteiger partial charge on any atom is -0.399 e. The zero-order valence-electron chi connectivity index (χ0n) is 22.2. The standard InChI is InChI=1S/C30H30ClFN6O2/c1-17-6-3-4-8-24(26-14-19(12-13-34-26)21-11-10-20(33)15-25(21)37-29(17)39)36-30(40)22-16-35-38(18(22)2)27-9-5-7-23(31)28(27)32/h5,7,9-17,24H,3-4,6,8,33H2,1-2H3,(H,36,40)(H,37,39)/t17-,24-/m0/s1. The average Bonchev–Trinajstić information content (AvgIpc) is 3.32. The summed E-state index contributed by atoms with van der Waals surface area (Å²) in [4.78, 5) is 31.0. The maximum atomic E-state index is 14.7. The third-order valence-electron chi connectivity index (χ3n) is 7.30. The highest BCUT2D eigenvalue weighted by Crippen LogP contribution is 2.33. The van der Waals surface area contributed by atoms with Crippen molar-refractivity contribution in [2.75, 3.05) is 11.1 Å². The Morgan fingerprint density at radius 1 is 1.18 bits per heavy atom. The first-order chi connectivity index (χ1) is 19.2. The van der Waals surface area contributed by atoms with Gasteiger partial charge < -0.3 is 16.4 Å². The van der Waals surface area contributed by atoms with Gasteiger partial charge in [-0.2, -0.15) is 5.10 Å². The fourth-order valence-corrected chi connectivity index (χ4v) is 5.14. The predicted octanol–water partition coefficient (Wildman–Crippen LogP) is 6.24. The number of nitrogens with one attached hydrogen (secondary N) is 2. The zero-order valence-corrected chi connectivity index (χ0v) is 23.0. The first kappa shape index (κ1) is 27.3. The van der Waals surface area contributed by atoms with Crippen LogP contribution in [0.25, 0.3) is 16.8 Å². The number of carbonyl (C=O) groups is 2. The Bertz CT molecular complexity index is 1590. The van der Waals surface area contributed by atoms with Gasteiger partial charge in [-0.05, 0) is 61.7 Å². The van der Waals surface area contributed by atoms with E-state index in [1.807, 2.05) is 25.1 Å². The third kappa shape index (κ3) is 5.56. The molecule has 8 nitrogen and oxygen atoms in total. The summed E-state index contributed by atoms with van der Waals surface area (Å²) in [5.74, 6) is -1.20. The summed E-state index contributed by atoms with van der Waals surface area (Å²) in [5.41, 5.74) is 10.5. The van der Waals surface area contributed by atoms with Crippen molar-refractivity contribution in [1.82, 2.24) is 20.1 Å². The van der Waals surface area contributed by atoms with Gasteiger partial charge in [-0.3, -0.25) is 14.6 Å². The quantitative estimate of drug-likeness (QED) is 0.257. The Morgan fingerprint density at radius 3 is 2.80 bits per heavy atom. The van der Waals surface area contributed by atoms with Gasteiger partial charge in [0, 0.05) is 23.4 Å². The number of aromatic nitrogens is 3. The topological polar surface area (TPSA) is 115 Å². The van der Waals surface area contributed by atoms with Crippen LogP contribution in [0.5, 0.6) is 0 Å². The Morgan fingerprint density at radius 2 is 1.98 bits per heavy atom. The SMILES string of the molecule is Cc1c(C(=O)N[C@H]2CCCC[C@H](C)C(=O)Nc3cc(N)ccc3-c3ccnc2c3)cnn1-c1cccc(Cl)c1F. The van der Waals surface area contributed by atoms with Crippen LogP contribution >= 0.6 is 11.6 Å². The molecule has 2 aromatic carbocycles. The highest BCUT2D eigenvalue weighted by Gasteiger charge is 2.24. The number of hydrogen-bond donors (Lipinski definition) is 3. The fraction of sp³-hybridized carbons (Fsp3) is 0.267. The van der Waals surface area contributed by atoms with Crippen molar-refractivity contribution >= 4 is 34.8 Å². The van der Waals surface area contributed by atoms with Gasteiger partial charge in [-0.15, -0.1) is 0 Å². The van der Waals surface area contributed by atoms with Crippen molar-refractivity contribution in [2.24, 2.45) is 5.92 Å². The third-order valence-corrected chi connectivity index (χ3v) is 7.59. The molecule has 1 aliphatic heterocycles. The van der Waals surface area contributed by atoms with Crippen LogP contribution < -0.4 is 16.4 Å². The largest absolute Gasteiger partial charge is 0.399 e. The number of nitrogens with two attached hydrogens (primary N) is 1. The molecule has 3 heterocycles. The van der Waals surface area contributed by atoms with Gasteiger partial charge in [0.2, 0.25) is 5.91 Å². The van der Waals surface area contributed by atoms with E-state index in [0.717, 1.165) is 24.0 Å². The molecule has 4 N–H and O–H groups in total. The van der Waals surface area contributed by atoms with Crippen LogP contribution in [0.3, 0.4) is 0 Å². The minimum atomic E-state index is -0.609. The lowest BCUT2D eigenvalue weighted by Crippen LogP contribution is -2.29. The molecule has 0 spiro atoms. The Labute approximate surface area is 236 Å². The van der Waals surface area contributed by atoms with E-state index < -0.39 is 11.9 Å². The van der Waals surface area contributed by atoms with E-state index in [0.29, 0.717) is 41.2 Å². The summed E-state index contributed by atoms with van der Waals surface area (Å²) in [6.45, 7) is 3.62. The summed E-state index contributed by atoms with van der Waals surface area (Å²) >= 11 is 5.96. The molecule has 2 aromatic heterocycles. The first-order valence-electron chi connectivity index (χ1n) is 13.2. The van der Waals surface area contributed by atoms with E-state index in [4.69, 9.17) is 17.3 Å². The number of amides is 2. The molecule has 10 heteroatoms. The van der Waals surface area contributed by atoms with E-state index >= 15 is 0 Å². The number of rotatable bonds is 3. The van der Waals surface area contributed by atoms with Crippen molar-refractivity contribution < 1.29 is 14.0 Å². The van der Waals surface area contributed by atoms with Crippen LogP contribution in [-0.2, 0) is 4.79 Å². The van der Waals surface area contributed by atoms with E-state index in [-0.39, 0.29) is 28.4 Å². The van der Waals surface area contributed by atoms with Crippen molar-refractivity contribution in [3.63, 3.8) is 0 Å². The van der Waals surface area contributed by atoms with E-state index in [1.165, 1.54) is 16.9 Å². The summed E-state index contributed by atoms with van der Waals surface area (Å²) in [5, 5.41) is 10.4. The number of pyridine rings is 1. The molecule has 206 valence electrons. The number of nitrogens with zero attached hydrogens (tertiary/aromatic N) is 3. The molecule has 0 saturated heterocycles. The molecule has 40 heavy (non-hydrogen) atoms. The highest BCUT2D eigenvalue weighted by atomic mass is 35.5. The second-order valence-electron chi connectivity index (χ2n) is 10.1. The molecule has 0 saturated carbocycles. The second kappa shape index (κ2) is 11.5. The maximum absolute atomic E-state index is 14.7. The van der Waals surface area contributed by atoms with Gasteiger partial charge in [0.15, 0.2) is 5.82 Å². The van der Waals surface area contributed by atoms with Crippen LogP contribution in [0.1, 0.15) is 60.4 Å². The fourth-order valence-electron chi connectivity index (χ4n) is 4.97. The van der Waals surface area contributed by atoms with Crippen molar-refractivity contribution in [1.29, 1.82) is 0 Å². The lowest BCUT2D eigenvalue weighted by atomic mass is 9.98. The molecule has 1 aliphatic rings. The van der Waals surface area contributed by atoms with Gasteiger partial charge in [0.1, 0.15) is 5.69 Å². The highest BCUT2D eigenvalue weighted by molar-refractivity contribution is 6.30. The molecule has 0 fully saturated rings. The predicted molar refractivity (Wildman–Crippen MR) is 154 cm³/mol. The monoisotopic (exact) mass is 560 g/mol. The number of hydrogen-bond acceptors (Lipinski definition) is 5. The van der Waals surface area contributed by atoms with E-state index in [9.17, 15) is 14.0 Å². The zero-order chi connectivity index (χ0) is 28.4. The Balaban J connectivity index is 1.48. The molecule has 2 amide bonds. The van der Waals surface area contributed by atoms with Gasteiger partial charge in [-0.25, -0.2) is 9.07 Å². The normalized spacial score (nSPS) is 17.6. The van der Waals surface area contributed by atoms with Crippen LogP contribution in [0.2, 0.25) is 5.02 Å². The van der Waals surface area contributed by atoms with E-state index in [2.05, 4.69) is 20.7 Å². The number of anilines is 2. The lowest BCUT2D eigenvalue weighted by molar-refractivity contribution is -0.119. The maximum Gasteiger partial charge on any atom is 0.255 e. The van der Waals surface area contributed by atoms with Crippen LogP contribution in [0.15, 0.2) is 60.9 Å². The summed E-state index contributed by atoms with van der Waals surface area (Å²) < 4.78 is 16.0. The second-order valence-corrected chi connectivity index (χ2v) is 10.5. The lowest BCUT2D eigenvalue weighted by Gasteiger charge is -2.19.